The number of methoxy groups -OCH3 is 1. The molecule has 4 heteroatoms. The van der Waals surface area contributed by atoms with Crippen molar-refractivity contribution < 1.29 is 14.5 Å². The van der Waals surface area contributed by atoms with E-state index in [2.05, 4.69) is 41.1 Å². The number of piperazine rings is 1. The summed E-state index contributed by atoms with van der Waals surface area (Å²) in [4.78, 5) is 3.58. The molecule has 0 unspecified atom stereocenters. The molecule has 0 spiro atoms. The van der Waals surface area contributed by atoms with E-state index >= 15 is 0 Å². The molecule has 128 valence electrons. The highest BCUT2D eigenvalue weighted by Gasteiger charge is 2.32. The van der Waals surface area contributed by atoms with Crippen LogP contribution in [0.2, 0.25) is 0 Å². The van der Waals surface area contributed by atoms with Gasteiger partial charge in [0.2, 0.25) is 0 Å². The highest BCUT2D eigenvalue weighted by Crippen LogP contribution is 2.23. The van der Waals surface area contributed by atoms with Gasteiger partial charge in [-0.05, 0) is 37.0 Å². The lowest BCUT2D eigenvalue weighted by atomic mass is 9.86. The summed E-state index contributed by atoms with van der Waals surface area (Å²) in [5.41, 5.74) is 1.33. The minimum Gasteiger partial charge on any atom is -0.496 e. The highest BCUT2D eigenvalue weighted by atomic mass is 79.9. The van der Waals surface area contributed by atoms with Gasteiger partial charge in [0, 0.05) is 16.5 Å². The number of ether oxygens (including phenoxy) is 1. The van der Waals surface area contributed by atoms with Crippen LogP contribution in [-0.4, -0.2) is 39.3 Å². The first-order chi connectivity index (χ1) is 11.2. The van der Waals surface area contributed by atoms with E-state index in [-0.39, 0.29) is 0 Å². The fourth-order valence-electron chi connectivity index (χ4n) is 4.47. The van der Waals surface area contributed by atoms with E-state index in [4.69, 9.17) is 4.74 Å². The fraction of sp³-hybridized carbons (Fsp3) is 0.684. The molecule has 0 amide bonds. The minimum absolute atomic E-state index is 0.931. The number of hydrogen-bond acceptors (Lipinski definition) is 1. The predicted molar refractivity (Wildman–Crippen MR) is 97.2 cm³/mol. The second-order valence-electron chi connectivity index (χ2n) is 7.51. The van der Waals surface area contributed by atoms with Crippen LogP contribution in [0, 0.1) is 5.92 Å². The first-order valence-corrected chi connectivity index (χ1v) is 9.95. The first kappa shape index (κ1) is 17.2. The molecule has 1 aromatic carbocycles. The van der Waals surface area contributed by atoms with Gasteiger partial charge in [-0.1, -0.05) is 29.3 Å². The monoisotopic (exact) mass is 382 g/mol. The molecule has 3 nitrogen and oxygen atoms in total. The molecular formula is C19H31BrN2O+2. The summed E-state index contributed by atoms with van der Waals surface area (Å²) >= 11 is 3.59. The van der Waals surface area contributed by atoms with Gasteiger partial charge < -0.3 is 14.5 Å². The Morgan fingerprint density at radius 3 is 2.65 bits per heavy atom. The summed E-state index contributed by atoms with van der Waals surface area (Å²) in [5, 5.41) is 0. The average Bonchev–Trinajstić information content (AvgIpc) is 2.56. The second-order valence-corrected chi connectivity index (χ2v) is 8.43. The van der Waals surface area contributed by atoms with E-state index in [1.807, 2.05) is 4.90 Å². The smallest absolute Gasteiger partial charge is 0.127 e. The molecule has 0 radical (unpaired) electrons. The van der Waals surface area contributed by atoms with Crippen molar-refractivity contribution in [3.8, 4) is 5.75 Å². The van der Waals surface area contributed by atoms with Crippen LogP contribution in [0.15, 0.2) is 22.7 Å². The Labute approximate surface area is 149 Å². The van der Waals surface area contributed by atoms with Crippen molar-refractivity contribution in [1.82, 2.24) is 0 Å². The zero-order valence-electron chi connectivity index (χ0n) is 14.5. The third-order valence-corrected chi connectivity index (χ3v) is 6.29. The van der Waals surface area contributed by atoms with Crippen LogP contribution < -0.4 is 14.5 Å². The molecule has 2 aliphatic rings. The van der Waals surface area contributed by atoms with Crippen molar-refractivity contribution >= 4 is 15.9 Å². The van der Waals surface area contributed by atoms with Crippen LogP contribution in [0.25, 0.3) is 0 Å². The van der Waals surface area contributed by atoms with Gasteiger partial charge in [0.15, 0.2) is 0 Å². The standard InChI is InChI=1S/C19H29BrN2O/c1-15-4-3-5-18(12-15)22-10-8-21(9-11-22)14-16-13-17(20)6-7-19(16)23-2/h6-7,13,15,18H,3-5,8-12,14H2,1-2H3/p+2/t15-,18-/m0/s1. The zero-order chi connectivity index (χ0) is 16.2. The van der Waals surface area contributed by atoms with Gasteiger partial charge in [0.1, 0.15) is 38.5 Å². The molecule has 0 aromatic heterocycles. The van der Waals surface area contributed by atoms with Crippen molar-refractivity contribution in [2.75, 3.05) is 33.3 Å². The third kappa shape index (κ3) is 4.49. The summed E-state index contributed by atoms with van der Waals surface area (Å²) in [6.07, 6.45) is 5.80. The summed E-state index contributed by atoms with van der Waals surface area (Å²) in [7, 11) is 1.77. The minimum atomic E-state index is 0.931. The van der Waals surface area contributed by atoms with Gasteiger partial charge in [0.25, 0.3) is 0 Å². The van der Waals surface area contributed by atoms with Gasteiger partial charge >= 0.3 is 0 Å². The zero-order valence-corrected chi connectivity index (χ0v) is 16.1. The first-order valence-electron chi connectivity index (χ1n) is 9.16. The van der Waals surface area contributed by atoms with E-state index in [0.29, 0.717) is 0 Å². The molecule has 2 fully saturated rings. The van der Waals surface area contributed by atoms with Crippen LogP contribution in [0.4, 0.5) is 0 Å². The van der Waals surface area contributed by atoms with Gasteiger partial charge in [-0.3, -0.25) is 0 Å². The molecule has 2 N–H and O–H groups in total. The molecule has 1 saturated heterocycles. The Balaban J connectivity index is 1.54. The Morgan fingerprint density at radius 2 is 1.96 bits per heavy atom. The molecular weight excluding hydrogens is 352 g/mol. The predicted octanol–water partition coefficient (Wildman–Crippen LogP) is 1.32. The van der Waals surface area contributed by atoms with Gasteiger partial charge in [0.05, 0.1) is 13.2 Å². The van der Waals surface area contributed by atoms with E-state index in [9.17, 15) is 0 Å². The van der Waals surface area contributed by atoms with Crippen LogP contribution in [-0.2, 0) is 6.54 Å². The number of quaternary nitrogens is 2. The maximum Gasteiger partial charge on any atom is 0.127 e. The summed E-state index contributed by atoms with van der Waals surface area (Å²) in [5.74, 6) is 1.97. The van der Waals surface area contributed by atoms with E-state index in [1.165, 1.54) is 57.4 Å². The lowest BCUT2D eigenvalue weighted by Crippen LogP contribution is -3.29. The summed E-state index contributed by atoms with van der Waals surface area (Å²) < 4.78 is 6.68. The molecule has 1 aliphatic carbocycles. The molecule has 2 atom stereocenters. The Kier molecular flexibility index (Phi) is 6.00. The summed E-state index contributed by atoms with van der Waals surface area (Å²) in [6.45, 7) is 8.77. The number of rotatable bonds is 4. The van der Waals surface area contributed by atoms with Crippen LogP contribution in [0.3, 0.4) is 0 Å². The van der Waals surface area contributed by atoms with Crippen molar-refractivity contribution in [2.24, 2.45) is 5.92 Å². The molecule has 1 saturated carbocycles. The largest absolute Gasteiger partial charge is 0.496 e. The molecule has 1 heterocycles. The topological polar surface area (TPSA) is 18.1 Å². The van der Waals surface area contributed by atoms with Crippen molar-refractivity contribution in [3.63, 3.8) is 0 Å². The molecule has 3 rings (SSSR count). The van der Waals surface area contributed by atoms with Crippen LogP contribution in [0.1, 0.15) is 38.2 Å². The van der Waals surface area contributed by atoms with Gasteiger partial charge in [-0.15, -0.1) is 0 Å². The number of halogens is 1. The molecule has 0 bridgehead atoms. The SMILES string of the molecule is COc1ccc(Br)cc1C[NH+]1CC[NH+]([C@H]2CCC[C@H](C)C2)CC1. The summed E-state index contributed by atoms with van der Waals surface area (Å²) in [6, 6.07) is 7.28. The number of benzene rings is 1. The van der Waals surface area contributed by atoms with Gasteiger partial charge in [-0.2, -0.15) is 0 Å². The van der Waals surface area contributed by atoms with Crippen molar-refractivity contribution in [3.05, 3.63) is 28.2 Å². The lowest BCUT2D eigenvalue weighted by Gasteiger charge is -2.37. The normalized spacial score (nSPS) is 31.8. The van der Waals surface area contributed by atoms with Gasteiger partial charge in [-0.25, -0.2) is 0 Å². The number of hydrogen-bond donors (Lipinski definition) is 2. The maximum atomic E-state index is 5.53. The number of nitrogens with one attached hydrogen (secondary N) is 2. The molecule has 1 aromatic rings. The Bertz CT molecular complexity index is 514. The van der Waals surface area contributed by atoms with E-state index < -0.39 is 0 Å². The molecule has 23 heavy (non-hydrogen) atoms. The Hall–Kier alpha value is -0.580. The highest BCUT2D eigenvalue weighted by molar-refractivity contribution is 9.10. The quantitative estimate of drug-likeness (QED) is 0.803. The van der Waals surface area contributed by atoms with E-state index in [1.54, 1.807) is 12.0 Å². The third-order valence-electron chi connectivity index (χ3n) is 5.80. The van der Waals surface area contributed by atoms with Crippen LogP contribution >= 0.6 is 15.9 Å². The second kappa shape index (κ2) is 8.00. The van der Waals surface area contributed by atoms with Crippen molar-refractivity contribution in [2.45, 2.75) is 45.2 Å². The van der Waals surface area contributed by atoms with Crippen LogP contribution in [0.5, 0.6) is 5.75 Å². The van der Waals surface area contributed by atoms with Crippen molar-refractivity contribution in [1.29, 1.82) is 0 Å². The fourth-order valence-corrected chi connectivity index (χ4v) is 4.88. The molecule has 1 aliphatic heterocycles. The Morgan fingerprint density at radius 1 is 1.17 bits per heavy atom. The average molecular weight is 383 g/mol. The van der Waals surface area contributed by atoms with E-state index in [0.717, 1.165) is 28.7 Å². The maximum absolute atomic E-state index is 5.53. The lowest BCUT2D eigenvalue weighted by molar-refractivity contribution is -1.03.